The number of amides is 1. The molecule has 0 rings (SSSR count). The van der Waals surface area contributed by atoms with Crippen molar-refractivity contribution in [3.05, 3.63) is 12.2 Å². The Morgan fingerprint density at radius 3 is 0.773 bits per heavy atom. The zero-order valence-electron chi connectivity index (χ0n) is 60.3. The fourth-order valence-corrected chi connectivity index (χ4v) is 13.3. The van der Waals surface area contributed by atoms with Gasteiger partial charge in [0.05, 0.1) is 25.4 Å². The van der Waals surface area contributed by atoms with E-state index in [9.17, 15) is 19.8 Å². The summed E-state index contributed by atoms with van der Waals surface area (Å²) < 4.78 is 5.52. The van der Waals surface area contributed by atoms with Crippen LogP contribution in [0.25, 0.3) is 0 Å². The van der Waals surface area contributed by atoms with Gasteiger partial charge in [-0.15, -0.1) is 0 Å². The molecule has 0 radical (unpaired) electrons. The Bertz CT molecular complexity index is 1340. The predicted molar refractivity (Wildman–Crippen MR) is 389 cm³/mol. The molecule has 2 atom stereocenters. The summed E-state index contributed by atoms with van der Waals surface area (Å²) >= 11 is 0. The predicted octanol–water partition coefficient (Wildman–Crippen LogP) is 27.1. The Hall–Kier alpha value is -1.40. The van der Waals surface area contributed by atoms with E-state index in [2.05, 4.69) is 19.2 Å². The van der Waals surface area contributed by atoms with E-state index in [0.717, 1.165) is 38.5 Å². The molecule has 6 nitrogen and oxygen atoms in total. The Morgan fingerprint density at radius 1 is 0.307 bits per heavy atom. The molecule has 0 fully saturated rings. The van der Waals surface area contributed by atoms with Gasteiger partial charge in [-0.3, -0.25) is 9.59 Å². The van der Waals surface area contributed by atoms with E-state index >= 15 is 0 Å². The van der Waals surface area contributed by atoms with E-state index < -0.39 is 12.1 Å². The first-order chi connectivity index (χ1) is 43.5. The molecule has 0 saturated carbocycles. The fourth-order valence-electron chi connectivity index (χ4n) is 13.3. The van der Waals surface area contributed by atoms with Crippen molar-refractivity contribution < 1.29 is 24.5 Å². The van der Waals surface area contributed by atoms with Crippen LogP contribution < -0.4 is 5.32 Å². The number of hydrogen-bond donors (Lipinski definition) is 3. The average molecular weight is 1240 g/mol. The molecule has 0 saturated heterocycles. The lowest BCUT2D eigenvalue weighted by atomic mass is 10.0. The first-order valence-electron chi connectivity index (χ1n) is 41.0. The molecule has 1 amide bonds. The van der Waals surface area contributed by atoms with Crippen molar-refractivity contribution >= 4 is 11.9 Å². The summed E-state index contributed by atoms with van der Waals surface area (Å²) in [6.07, 6.45) is 99.3. The largest absolute Gasteiger partial charge is 0.466 e. The Labute approximate surface area is 552 Å². The zero-order chi connectivity index (χ0) is 63.5. The van der Waals surface area contributed by atoms with Gasteiger partial charge in [-0.2, -0.15) is 0 Å². The standard InChI is InChI=1S/C82H161NO5/c1-3-5-7-9-11-13-15-17-19-21-44-48-52-56-60-64-68-72-76-82(87)88-77-73-69-65-61-57-53-49-45-42-40-38-36-34-32-30-28-26-24-22-23-25-27-29-31-33-35-37-39-41-43-47-51-55-59-63-67-71-75-81(86)83-79(78-84)80(85)74-70-66-62-58-54-50-46-20-18-16-14-12-10-8-6-4-2/h70,74,79-80,84-85H,3-69,71-73,75-78H2,1-2H3,(H,83,86)/b74-70+. The van der Waals surface area contributed by atoms with Crippen molar-refractivity contribution in [2.24, 2.45) is 0 Å². The maximum atomic E-state index is 12.5. The Morgan fingerprint density at radius 2 is 0.523 bits per heavy atom. The van der Waals surface area contributed by atoms with Crippen molar-refractivity contribution in [3.8, 4) is 0 Å². The summed E-state index contributed by atoms with van der Waals surface area (Å²) in [4.78, 5) is 24.6. The van der Waals surface area contributed by atoms with Gasteiger partial charge >= 0.3 is 5.97 Å². The van der Waals surface area contributed by atoms with Crippen LogP contribution in [-0.4, -0.2) is 47.4 Å². The quantitative estimate of drug-likeness (QED) is 0.0320. The molecule has 0 bridgehead atoms. The van der Waals surface area contributed by atoms with E-state index in [4.69, 9.17) is 4.74 Å². The highest BCUT2D eigenvalue weighted by Gasteiger charge is 2.18. The summed E-state index contributed by atoms with van der Waals surface area (Å²) in [5.41, 5.74) is 0. The topological polar surface area (TPSA) is 95.9 Å². The van der Waals surface area contributed by atoms with E-state index in [1.165, 1.54) is 411 Å². The number of hydrogen-bond acceptors (Lipinski definition) is 5. The van der Waals surface area contributed by atoms with Crippen molar-refractivity contribution in [1.82, 2.24) is 5.32 Å². The lowest BCUT2D eigenvalue weighted by molar-refractivity contribution is -0.143. The maximum absolute atomic E-state index is 12.5. The second kappa shape index (κ2) is 78.0. The van der Waals surface area contributed by atoms with E-state index in [1.807, 2.05) is 6.08 Å². The minimum atomic E-state index is -0.840. The van der Waals surface area contributed by atoms with Gasteiger partial charge in [0.1, 0.15) is 0 Å². The minimum absolute atomic E-state index is 0.0288. The van der Waals surface area contributed by atoms with Gasteiger partial charge in [-0.25, -0.2) is 0 Å². The van der Waals surface area contributed by atoms with Crippen LogP contribution in [0, 0.1) is 0 Å². The normalized spacial score (nSPS) is 12.5. The van der Waals surface area contributed by atoms with Crippen molar-refractivity contribution in [2.45, 2.75) is 488 Å². The molecule has 524 valence electrons. The SMILES string of the molecule is CCCCCCCCCCCCCCCC/C=C/C(O)C(CO)NC(=O)CCCCCCCCCCCCCCCCCCCCCCCCCCCCCCCCCCCCCCCOC(=O)CCCCCCCCCCCCCCCCCCCC. The molecule has 6 heteroatoms. The number of aliphatic hydroxyl groups is 2. The molecule has 3 N–H and O–H groups in total. The molecule has 0 aromatic carbocycles. The number of rotatable bonds is 78. The van der Waals surface area contributed by atoms with Crippen molar-refractivity contribution in [2.75, 3.05) is 13.2 Å². The van der Waals surface area contributed by atoms with Crippen LogP contribution in [0.1, 0.15) is 476 Å². The van der Waals surface area contributed by atoms with Crippen molar-refractivity contribution in [1.29, 1.82) is 0 Å². The van der Waals surface area contributed by atoms with E-state index in [0.29, 0.717) is 19.4 Å². The highest BCUT2D eigenvalue weighted by molar-refractivity contribution is 5.76. The molecule has 0 aromatic heterocycles. The van der Waals surface area contributed by atoms with Gasteiger partial charge in [-0.05, 0) is 32.1 Å². The van der Waals surface area contributed by atoms with Crippen LogP contribution in [0.2, 0.25) is 0 Å². The summed E-state index contributed by atoms with van der Waals surface area (Å²) in [6, 6.07) is -0.623. The number of aliphatic hydroxyl groups excluding tert-OH is 2. The average Bonchev–Trinajstić information content (AvgIpc) is 3.58. The summed E-state index contributed by atoms with van der Waals surface area (Å²) in [5, 5.41) is 23.2. The second-order valence-corrected chi connectivity index (χ2v) is 28.5. The van der Waals surface area contributed by atoms with Crippen LogP contribution in [0.4, 0.5) is 0 Å². The number of esters is 1. The van der Waals surface area contributed by atoms with Gasteiger partial charge in [0.2, 0.25) is 5.91 Å². The smallest absolute Gasteiger partial charge is 0.305 e. The fraction of sp³-hybridized carbons (Fsp3) is 0.951. The molecule has 2 unspecified atom stereocenters. The Kier molecular flexibility index (Phi) is 76.8. The zero-order valence-corrected chi connectivity index (χ0v) is 60.3. The monoisotopic (exact) mass is 1240 g/mol. The van der Waals surface area contributed by atoms with Crippen LogP contribution >= 0.6 is 0 Å². The lowest BCUT2D eigenvalue weighted by Crippen LogP contribution is -2.45. The van der Waals surface area contributed by atoms with Crippen molar-refractivity contribution in [3.63, 3.8) is 0 Å². The third-order valence-corrected chi connectivity index (χ3v) is 19.6. The van der Waals surface area contributed by atoms with Gasteiger partial charge in [0.15, 0.2) is 0 Å². The van der Waals surface area contributed by atoms with E-state index in [1.54, 1.807) is 6.08 Å². The molecular weight excluding hydrogens is 1080 g/mol. The van der Waals surface area contributed by atoms with Gasteiger partial charge in [0, 0.05) is 12.8 Å². The van der Waals surface area contributed by atoms with Crippen LogP contribution in [0.5, 0.6) is 0 Å². The highest BCUT2D eigenvalue weighted by atomic mass is 16.5. The molecule has 88 heavy (non-hydrogen) atoms. The molecule has 0 aliphatic carbocycles. The third-order valence-electron chi connectivity index (χ3n) is 19.6. The summed E-state index contributed by atoms with van der Waals surface area (Å²) in [7, 11) is 0. The lowest BCUT2D eigenvalue weighted by Gasteiger charge is -2.20. The molecule has 0 aliphatic heterocycles. The number of ether oxygens (including phenoxy) is 1. The van der Waals surface area contributed by atoms with Crippen LogP contribution in [0.15, 0.2) is 12.2 Å². The van der Waals surface area contributed by atoms with Gasteiger partial charge < -0.3 is 20.3 Å². The minimum Gasteiger partial charge on any atom is -0.466 e. The number of unbranched alkanes of at least 4 members (excludes halogenated alkanes) is 67. The van der Waals surface area contributed by atoms with Gasteiger partial charge in [0.25, 0.3) is 0 Å². The maximum Gasteiger partial charge on any atom is 0.305 e. The summed E-state index contributed by atoms with van der Waals surface area (Å²) in [5.74, 6) is -0.0294. The molecule has 0 heterocycles. The first kappa shape index (κ1) is 86.6. The second-order valence-electron chi connectivity index (χ2n) is 28.5. The molecule has 0 aliphatic rings. The molecular formula is C82H161NO5. The number of nitrogens with one attached hydrogen (secondary N) is 1. The number of carbonyl (C=O) groups excluding carboxylic acids is 2. The van der Waals surface area contributed by atoms with Crippen LogP contribution in [0.3, 0.4) is 0 Å². The molecule has 0 aromatic rings. The number of allylic oxidation sites excluding steroid dienone is 1. The summed E-state index contributed by atoms with van der Waals surface area (Å²) in [6.45, 7) is 4.97. The number of carbonyl (C=O) groups is 2. The Balaban J connectivity index is 3.29. The first-order valence-corrected chi connectivity index (χ1v) is 41.0. The third kappa shape index (κ3) is 73.6. The van der Waals surface area contributed by atoms with Crippen LogP contribution in [-0.2, 0) is 14.3 Å². The highest BCUT2D eigenvalue weighted by Crippen LogP contribution is 2.21. The molecule has 0 spiro atoms. The van der Waals surface area contributed by atoms with Gasteiger partial charge in [-0.1, -0.05) is 443 Å². The van der Waals surface area contributed by atoms with E-state index in [-0.39, 0.29) is 18.5 Å².